The highest BCUT2D eigenvalue weighted by Gasteiger charge is 2.47. The molecule has 0 unspecified atom stereocenters. The topological polar surface area (TPSA) is 123 Å². The maximum absolute atomic E-state index is 12.3. The van der Waals surface area contributed by atoms with Gasteiger partial charge in [0.2, 0.25) is 0 Å². The maximum atomic E-state index is 12.3. The van der Waals surface area contributed by atoms with Crippen molar-refractivity contribution in [3.63, 3.8) is 0 Å². The van der Waals surface area contributed by atoms with Gasteiger partial charge in [-0.2, -0.15) is 25.3 Å². The lowest BCUT2D eigenvalue weighted by atomic mass is 10.1. The van der Waals surface area contributed by atoms with Crippen molar-refractivity contribution >= 4 is 30.2 Å². The van der Waals surface area contributed by atoms with Crippen molar-refractivity contribution < 1.29 is 33.1 Å². The molecule has 0 aromatic rings. The molecule has 8 nitrogen and oxygen atoms in total. The van der Waals surface area contributed by atoms with E-state index < -0.39 is 45.8 Å². The van der Waals surface area contributed by atoms with Crippen molar-refractivity contribution in [3.05, 3.63) is 0 Å². The lowest BCUT2D eigenvalue weighted by molar-refractivity contribution is -0.672. The molecule has 0 amide bonds. The van der Waals surface area contributed by atoms with E-state index >= 15 is 0 Å². The van der Waals surface area contributed by atoms with E-state index in [9.17, 15) is 25.3 Å². The van der Waals surface area contributed by atoms with Crippen molar-refractivity contribution in [1.82, 2.24) is 0 Å². The molecule has 0 saturated carbocycles. The van der Waals surface area contributed by atoms with Gasteiger partial charge in [0.05, 0.1) is 18.3 Å². The Balaban J connectivity index is 4.71. The number of sulfonamides is 2. The van der Waals surface area contributed by atoms with Gasteiger partial charge >= 0.3 is 20.0 Å². The highest BCUT2D eigenvalue weighted by atomic mass is 32.3. The second-order valence-corrected chi connectivity index (χ2v) is 13.7. The number of rotatable bonds is 17. The van der Waals surface area contributed by atoms with Gasteiger partial charge in [-0.25, -0.2) is 0 Å². The van der Waals surface area contributed by atoms with E-state index in [0.717, 1.165) is 38.2 Å². The molecule has 0 aromatic heterocycles. The zero-order valence-corrected chi connectivity index (χ0v) is 19.9. The fourth-order valence-electron chi connectivity index (χ4n) is 3.35. The van der Waals surface area contributed by atoms with Gasteiger partial charge in [-0.1, -0.05) is 58.3 Å². The quantitative estimate of drug-likeness (QED) is 0.199. The first-order valence-electron chi connectivity index (χ1n) is 9.99. The molecule has 0 aliphatic rings. The average Bonchev–Trinajstić information content (AvgIpc) is 2.51. The predicted octanol–water partition coefficient (Wildman–Crippen LogP) is 2.92. The van der Waals surface area contributed by atoms with E-state index in [4.69, 9.17) is 4.55 Å². The van der Waals surface area contributed by atoms with Gasteiger partial charge in [-0.15, -0.1) is 3.29 Å². The Morgan fingerprint density at radius 3 is 1.32 bits per heavy atom. The van der Waals surface area contributed by atoms with Gasteiger partial charge in [0, 0.05) is 6.42 Å². The highest BCUT2D eigenvalue weighted by molar-refractivity contribution is 7.97. The summed E-state index contributed by atoms with van der Waals surface area (Å²) in [6.45, 7) is 1.67. The molecule has 11 heteroatoms. The molecule has 0 heterocycles. The summed E-state index contributed by atoms with van der Waals surface area (Å²) in [7, 11) is -12.4. The first-order chi connectivity index (χ1) is 12.8. The Hall–Kier alpha value is -0.230. The molecule has 28 heavy (non-hydrogen) atoms. The van der Waals surface area contributed by atoms with E-state index in [1.807, 2.05) is 0 Å². The zero-order chi connectivity index (χ0) is 21.9. The number of nitrogens with zero attached hydrogens (tertiary/aromatic N) is 1. The summed E-state index contributed by atoms with van der Waals surface area (Å²) >= 11 is 0. The summed E-state index contributed by atoms with van der Waals surface area (Å²) in [6.07, 6.45) is 11.8. The van der Waals surface area contributed by atoms with E-state index in [-0.39, 0.29) is 13.0 Å². The van der Waals surface area contributed by atoms with Crippen LogP contribution >= 0.6 is 0 Å². The van der Waals surface area contributed by atoms with Crippen LogP contribution in [0.1, 0.15) is 77.6 Å². The Morgan fingerprint density at radius 2 is 0.964 bits per heavy atom. The van der Waals surface area contributed by atoms with Crippen LogP contribution in [0.2, 0.25) is 0 Å². The van der Waals surface area contributed by atoms with Gasteiger partial charge in [-0.3, -0.25) is 4.55 Å². The smallest absolute Gasteiger partial charge is 0.286 e. The van der Waals surface area contributed by atoms with Crippen LogP contribution in [0, 0.1) is 0 Å². The van der Waals surface area contributed by atoms with Gasteiger partial charge < -0.3 is 0 Å². The molecule has 170 valence electrons. The lowest BCUT2D eigenvalue weighted by Crippen LogP contribution is -2.57. The van der Waals surface area contributed by atoms with Crippen LogP contribution in [-0.4, -0.2) is 64.5 Å². The summed E-state index contributed by atoms with van der Waals surface area (Å²) in [4.78, 5) is 0. The Morgan fingerprint density at radius 1 is 0.607 bits per heavy atom. The Bertz CT molecular complexity index is 712. The number of unbranched alkanes of at least 4 members (excludes halogenated alkanes) is 9. The van der Waals surface area contributed by atoms with Crippen molar-refractivity contribution in [1.29, 1.82) is 0 Å². The highest BCUT2D eigenvalue weighted by Crippen LogP contribution is 2.24. The Labute approximate surface area is 172 Å². The minimum atomic E-state index is -4.28. The maximum Gasteiger partial charge on any atom is 0.308 e. The first kappa shape index (κ1) is 27.8. The predicted molar refractivity (Wildman–Crippen MR) is 113 cm³/mol. The molecule has 0 radical (unpaired) electrons. The third-order valence-corrected chi connectivity index (χ3v) is 10.5. The zero-order valence-electron chi connectivity index (χ0n) is 17.5. The summed E-state index contributed by atoms with van der Waals surface area (Å²) < 4.78 is 78.8. The van der Waals surface area contributed by atoms with Crippen LogP contribution in [0.5, 0.6) is 0 Å². The first-order valence-corrected chi connectivity index (χ1v) is 15.3. The molecule has 1 N–H and O–H groups in total. The SMILES string of the molecule is CCCCCCCCCCCC[N+](CCCS(=O)(=O)O)(S(C)(=O)=O)S(C)(=O)=O. The average molecular weight is 465 g/mol. The monoisotopic (exact) mass is 464 g/mol. The standard InChI is InChI=1S/C17H37NO7S3/c1-4-5-6-7-8-9-10-11-12-13-15-18(26(2,19)20,27(3,21)22)16-14-17-28(23,24)25/h4-17H2,1-3H3/p+1. The van der Waals surface area contributed by atoms with E-state index in [2.05, 4.69) is 6.92 Å². The molecule has 0 aromatic carbocycles. The Kier molecular flexibility index (Phi) is 12.4. The van der Waals surface area contributed by atoms with E-state index in [0.29, 0.717) is 6.42 Å². The van der Waals surface area contributed by atoms with E-state index in [1.54, 1.807) is 0 Å². The molecule has 0 spiro atoms. The van der Waals surface area contributed by atoms with Crippen molar-refractivity contribution in [2.24, 2.45) is 0 Å². The molecule has 0 aliphatic carbocycles. The molecule has 0 aliphatic heterocycles. The van der Waals surface area contributed by atoms with Gasteiger partial charge in [-0.05, 0) is 12.8 Å². The fourth-order valence-corrected chi connectivity index (χ4v) is 7.65. The van der Waals surface area contributed by atoms with Crippen LogP contribution in [0.15, 0.2) is 0 Å². The molecule has 0 rings (SSSR count). The summed E-state index contributed by atoms with van der Waals surface area (Å²) in [5, 5.41) is 0. The normalized spacial score (nSPS) is 13.7. The number of hydrogen-bond donors (Lipinski definition) is 1. The lowest BCUT2D eigenvalue weighted by Gasteiger charge is -2.33. The number of quaternary nitrogens is 1. The summed E-state index contributed by atoms with van der Waals surface area (Å²) in [5.41, 5.74) is 0. The van der Waals surface area contributed by atoms with Crippen LogP contribution in [-0.2, 0) is 30.2 Å². The molecular weight excluding hydrogens is 426 g/mol. The summed E-state index contributed by atoms with van der Waals surface area (Å²) in [5.74, 6) is -0.671. The van der Waals surface area contributed by atoms with Gasteiger partial charge in [0.15, 0.2) is 0 Å². The second kappa shape index (κ2) is 12.5. The van der Waals surface area contributed by atoms with Crippen molar-refractivity contribution in [2.45, 2.75) is 77.6 Å². The van der Waals surface area contributed by atoms with Crippen LogP contribution in [0.3, 0.4) is 0 Å². The molecule has 0 bridgehead atoms. The van der Waals surface area contributed by atoms with Crippen LogP contribution in [0.4, 0.5) is 0 Å². The second-order valence-electron chi connectivity index (χ2n) is 7.55. The summed E-state index contributed by atoms with van der Waals surface area (Å²) in [6, 6.07) is 0. The van der Waals surface area contributed by atoms with Crippen molar-refractivity contribution in [2.75, 3.05) is 31.4 Å². The van der Waals surface area contributed by atoms with E-state index in [1.165, 1.54) is 32.1 Å². The largest absolute Gasteiger partial charge is 0.308 e. The van der Waals surface area contributed by atoms with Crippen LogP contribution in [0.25, 0.3) is 0 Å². The fraction of sp³-hybridized carbons (Fsp3) is 1.00. The van der Waals surface area contributed by atoms with Crippen LogP contribution < -0.4 is 0 Å². The molecule has 0 atom stereocenters. The third-order valence-electron chi connectivity index (χ3n) is 4.96. The molecule has 0 saturated heterocycles. The van der Waals surface area contributed by atoms with Gasteiger partial charge in [0.1, 0.15) is 13.1 Å². The third kappa shape index (κ3) is 10.5. The molecular formula is C17H38NO7S3+. The van der Waals surface area contributed by atoms with Crippen molar-refractivity contribution in [3.8, 4) is 0 Å². The minimum Gasteiger partial charge on any atom is -0.286 e. The minimum absolute atomic E-state index is 0.111. The number of hydrogen-bond acceptors (Lipinski definition) is 6. The molecule has 0 fully saturated rings. The van der Waals surface area contributed by atoms with Gasteiger partial charge in [0.25, 0.3) is 10.1 Å².